The van der Waals surface area contributed by atoms with E-state index >= 15 is 0 Å². The molecule has 0 saturated heterocycles. The highest BCUT2D eigenvalue weighted by Crippen LogP contribution is 2.13. The van der Waals surface area contributed by atoms with Crippen molar-refractivity contribution in [1.29, 1.82) is 0 Å². The summed E-state index contributed by atoms with van der Waals surface area (Å²) in [6.45, 7) is 6.98. The number of aromatic carboxylic acids is 1. The first-order valence-corrected chi connectivity index (χ1v) is 7.32. The minimum atomic E-state index is -1.21. The molecule has 0 aliphatic rings. The SMILES string of the molecule is CCCCN(CCCC)Cc1ccc(F)c(C(=O)O)c1. The summed E-state index contributed by atoms with van der Waals surface area (Å²) in [5.41, 5.74) is 0.615. The zero-order valence-electron chi connectivity index (χ0n) is 12.4. The molecule has 0 aromatic heterocycles. The third-order valence-corrected chi connectivity index (χ3v) is 3.32. The summed E-state index contributed by atoms with van der Waals surface area (Å²) >= 11 is 0. The third kappa shape index (κ3) is 5.29. The second kappa shape index (κ2) is 8.69. The average molecular weight is 281 g/mol. The van der Waals surface area contributed by atoms with E-state index in [1.54, 1.807) is 6.07 Å². The second-order valence-electron chi connectivity index (χ2n) is 5.10. The normalized spacial score (nSPS) is 11.0. The molecule has 0 radical (unpaired) electrons. The van der Waals surface area contributed by atoms with Crippen LogP contribution in [0.1, 0.15) is 55.5 Å². The fourth-order valence-electron chi connectivity index (χ4n) is 2.13. The summed E-state index contributed by atoms with van der Waals surface area (Å²) in [6, 6.07) is 4.37. The van der Waals surface area contributed by atoms with Crippen molar-refractivity contribution >= 4 is 5.97 Å². The Balaban J connectivity index is 2.76. The summed E-state index contributed by atoms with van der Waals surface area (Å²) in [5, 5.41) is 8.95. The van der Waals surface area contributed by atoms with E-state index in [2.05, 4.69) is 18.7 Å². The summed E-state index contributed by atoms with van der Waals surface area (Å²) in [5.74, 6) is -1.88. The molecule has 1 aromatic carbocycles. The van der Waals surface area contributed by atoms with Crippen LogP contribution >= 0.6 is 0 Å². The average Bonchev–Trinajstić information content (AvgIpc) is 2.43. The zero-order valence-corrected chi connectivity index (χ0v) is 12.4. The fraction of sp³-hybridized carbons (Fsp3) is 0.562. The van der Waals surface area contributed by atoms with Crippen molar-refractivity contribution in [3.8, 4) is 0 Å². The molecule has 1 aromatic rings. The molecule has 1 rings (SSSR count). The number of carbonyl (C=O) groups is 1. The van der Waals surface area contributed by atoms with E-state index in [0.29, 0.717) is 6.54 Å². The Morgan fingerprint density at radius 1 is 1.20 bits per heavy atom. The van der Waals surface area contributed by atoms with Crippen LogP contribution in [0.2, 0.25) is 0 Å². The van der Waals surface area contributed by atoms with E-state index in [-0.39, 0.29) is 5.56 Å². The molecule has 0 unspecified atom stereocenters. The highest BCUT2D eigenvalue weighted by Gasteiger charge is 2.12. The number of carboxylic acid groups (broad SMARTS) is 1. The maximum absolute atomic E-state index is 13.4. The van der Waals surface area contributed by atoms with Crippen LogP contribution in [-0.4, -0.2) is 29.1 Å². The van der Waals surface area contributed by atoms with E-state index in [1.807, 2.05) is 0 Å². The van der Waals surface area contributed by atoms with Gasteiger partial charge in [0.2, 0.25) is 0 Å². The van der Waals surface area contributed by atoms with Crippen molar-refractivity contribution in [3.05, 3.63) is 35.1 Å². The summed E-state index contributed by atoms with van der Waals surface area (Å²) < 4.78 is 13.4. The molecule has 20 heavy (non-hydrogen) atoms. The lowest BCUT2D eigenvalue weighted by Crippen LogP contribution is -2.25. The lowest BCUT2D eigenvalue weighted by molar-refractivity contribution is 0.0691. The van der Waals surface area contributed by atoms with Gasteiger partial charge in [-0.05, 0) is 43.6 Å². The van der Waals surface area contributed by atoms with Gasteiger partial charge in [0.1, 0.15) is 5.82 Å². The summed E-state index contributed by atoms with van der Waals surface area (Å²) in [7, 11) is 0. The van der Waals surface area contributed by atoms with E-state index in [1.165, 1.54) is 12.1 Å². The first-order valence-electron chi connectivity index (χ1n) is 7.32. The lowest BCUT2D eigenvalue weighted by Gasteiger charge is -2.22. The van der Waals surface area contributed by atoms with Crippen molar-refractivity contribution in [1.82, 2.24) is 4.90 Å². The molecule has 0 saturated carbocycles. The molecule has 0 bridgehead atoms. The molecule has 112 valence electrons. The molecule has 0 fully saturated rings. The smallest absolute Gasteiger partial charge is 0.338 e. The van der Waals surface area contributed by atoms with Crippen LogP contribution in [0.25, 0.3) is 0 Å². The molecule has 0 amide bonds. The molecule has 4 heteroatoms. The van der Waals surface area contributed by atoms with Gasteiger partial charge < -0.3 is 5.11 Å². The topological polar surface area (TPSA) is 40.5 Å². The number of hydrogen-bond donors (Lipinski definition) is 1. The second-order valence-corrected chi connectivity index (χ2v) is 5.10. The number of benzene rings is 1. The summed E-state index contributed by atoms with van der Waals surface area (Å²) in [4.78, 5) is 13.3. The Kier molecular flexibility index (Phi) is 7.23. The van der Waals surface area contributed by atoms with Crippen LogP contribution in [0.3, 0.4) is 0 Å². The molecule has 0 aliphatic carbocycles. The van der Waals surface area contributed by atoms with Gasteiger partial charge in [-0.25, -0.2) is 9.18 Å². The molecule has 0 atom stereocenters. The number of hydrogen-bond acceptors (Lipinski definition) is 2. The minimum absolute atomic E-state index is 0.242. The maximum atomic E-state index is 13.4. The van der Waals surface area contributed by atoms with Gasteiger partial charge in [0.25, 0.3) is 0 Å². The van der Waals surface area contributed by atoms with Crippen molar-refractivity contribution in [3.63, 3.8) is 0 Å². The van der Waals surface area contributed by atoms with Gasteiger partial charge in [-0.1, -0.05) is 32.8 Å². The first kappa shape index (κ1) is 16.6. The number of halogens is 1. The van der Waals surface area contributed by atoms with Gasteiger partial charge >= 0.3 is 5.97 Å². The van der Waals surface area contributed by atoms with Crippen LogP contribution < -0.4 is 0 Å². The number of unbranched alkanes of at least 4 members (excludes halogenated alkanes) is 2. The van der Waals surface area contributed by atoms with Crippen LogP contribution in [0.15, 0.2) is 18.2 Å². The third-order valence-electron chi connectivity index (χ3n) is 3.32. The molecule has 0 heterocycles. The highest BCUT2D eigenvalue weighted by atomic mass is 19.1. The van der Waals surface area contributed by atoms with Gasteiger partial charge in [0.05, 0.1) is 5.56 Å². The maximum Gasteiger partial charge on any atom is 0.338 e. The van der Waals surface area contributed by atoms with Crippen molar-refractivity contribution < 1.29 is 14.3 Å². The molecule has 3 nitrogen and oxygen atoms in total. The quantitative estimate of drug-likeness (QED) is 0.745. The van der Waals surface area contributed by atoms with E-state index < -0.39 is 11.8 Å². The monoisotopic (exact) mass is 281 g/mol. The Morgan fingerprint density at radius 3 is 2.30 bits per heavy atom. The van der Waals surface area contributed by atoms with Crippen LogP contribution in [0.4, 0.5) is 4.39 Å². The van der Waals surface area contributed by atoms with Gasteiger partial charge in [0, 0.05) is 6.54 Å². The predicted molar refractivity (Wildman–Crippen MR) is 78.5 cm³/mol. The molecular formula is C16H24FNO2. The van der Waals surface area contributed by atoms with Gasteiger partial charge in [0.15, 0.2) is 0 Å². The number of carboxylic acids is 1. The van der Waals surface area contributed by atoms with Gasteiger partial charge in [-0.15, -0.1) is 0 Å². The summed E-state index contributed by atoms with van der Waals surface area (Å²) in [6.07, 6.45) is 4.51. The molecule has 0 aliphatic heterocycles. The Hall–Kier alpha value is -1.42. The Labute approximate surface area is 120 Å². The largest absolute Gasteiger partial charge is 0.478 e. The lowest BCUT2D eigenvalue weighted by atomic mass is 10.1. The molecular weight excluding hydrogens is 257 g/mol. The van der Waals surface area contributed by atoms with E-state index in [0.717, 1.165) is 44.3 Å². The number of nitrogens with zero attached hydrogens (tertiary/aromatic N) is 1. The standard InChI is InChI=1S/C16H24FNO2/c1-3-5-9-18(10-6-4-2)12-13-7-8-15(17)14(11-13)16(19)20/h7-8,11H,3-6,9-10,12H2,1-2H3,(H,19,20). The highest BCUT2D eigenvalue weighted by molar-refractivity contribution is 5.88. The molecule has 0 spiro atoms. The molecule has 1 N–H and O–H groups in total. The van der Waals surface area contributed by atoms with Crippen molar-refractivity contribution in [2.24, 2.45) is 0 Å². The Morgan fingerprint density at radius 2 is 1.80 bits per heavy atom. The Bertz CT molecular complexity index is 426. The predicted octanol–water partition coefficient (Wildman–Crippen LogP) is 3.93. The van der Waals surface area contributed by atoms with Crippen LogP contribution in [0, 0.1) is 5.82 Å². The van der Waals surface area contributed by atoms with Gasteiger partial charge in [-0.2, -0.15) is 0 Å². The minimum Gasteiger partial charge on any atom is -0.478 e. The van der Waals surface area contributed by atoms with Gasteiger partial charge in [-0.3, -0.25) is 4.90 Å². The number of rotatable bonds is 9. The fourth-order valence-corrected chi connectivity index (χ4v) is 2.13. The van der Waals surface area contributed by atoms with Crippen LogP contribution in [0.5, 0.6) is 0 Å². The van der Waals surface area contributed by atoms with Crippen molar-refractivity contribution in [2.75, 3.05) is 13.1 Å². The van der Waals surface area contributed by atoms with E-state index in [4.69, 9.17) is 5.11 Å². The van der Waals surface area contributed by atoms with Crippen molar-refractivity contribution in [2.45, 2.75) is 46.1 Å². The zero-order chi connectivity index (χ0) is 15.0. The van der Waals surface area contributed by atoms with Crippen LogP contribution in [-0.2, 0) is 6.54 Å². The first-order chi connectivity index (χ1) is 9.58. The van der Waals surface area contributed by atoms with E-state index in [9.17, 15) is 9.18 Å².